The average molecular weight is 401 g/mol. The standard InChI is InChI=1S/C23H23N5O2/c1-14(2)28-20(24)17(22(29)25-12-16-7-5-4-6-8-16)11-18-21(28)26-19-10-9-15(3)13-27(19)23(18)30/h4-11,13-14,24H,12H2,1-3H3,(H,25,29). The lowest BCUT2D eigenvalue weighted by molar-refractivity contribution is 0.0948. The molecule has 0 aliphatic rings. The highest BCUT2D eigenvalue weighted by Gasteiger charge is 2.18. The van der Waals surface area contributed by atoms with E-state index in [0.29, 0.717) is 23.2 Å². The average Bonchev–Trinajstić information content (AvgIpc) is 2.73. The Balaban J connectivity index is 1.90. The molecular weight excluding hydrogens is 378 g/mol. The minimum atomic E-state index is -0.395. The molecule has 152 valence electrons. The minimum Gasteiger partial charge on any atom is -0.348 e. The Morgan fingerprint density at radius 2 is 1.90 bits per heavy atom. The number of aromatic nitrogens is 3. The van der Waals surface area contributed by atoms with Crippen LogP contribution < -0.4 is 16.4 Å². The molecule has 0 saturated carbocycles. The monoisotopic (exact) mass is 401 g/mol. The van der Waals surface area contributed by atoms with Gasteiger partial charge in [0, 0.05) is 18.8 Å². The number of carbonyl (C=O) groups excluding carboxylic acids is 1. The van der Waals surface area contributed by atoms with Gasteiger partial charge in [-0.25, -0.2) is 4.98 Å². The second-order valence-electron chi connectivity index (χ2n) is 7.63. The van der Waals surface area contributed by atoms with E-state index >= 15 is 0 Å². The summed E-state index contributed by atoms with van der Waals surface area (Å²) in [7, 11) is 0. The number of nitrogens with one attached hydrogen (secondary N) is 2. The lowest BCUT2D eigenvalue weighted by Gasteiger charge is -2.17. The van der Waals surface area contributed by atoms with E-state index in [-0.39, 0.29) is 22.7 Å². The summed E-state index contributed by atoms with van der Waals surface area (Å²) in [5.41, 5.74) is 2.73. The summed E-state index contributed by atoms with van der Waals surface area (Å²) in [6, 6.07) is 14.6. The minimum absolute atomic E-state index is 0.0337. The fraction of sp³-hybridized carbons (Fsp3) is 0.217. The number of rotatable bonds is 4. The van der Waals surface area contributed by atoms with Crippen LogP contribution in [-0.4, -0.2) is 19.9 Å². The highest BCUT2D eigenvalue weighted by atomic mass is 16.1. The molecule has 3 aromatic heterocycles. The smallest absolute Gasteiger partial charge is 0.267 e. The van der Waals surface area contributed by atoms with Gasteiger partial charge in [-0.2, -0.15) is 0 Å². The molecule has 0 radical (unpaired) electrons. The molecular formula is C23H23N5O2. The first-order chi connectivity index (χ1) is 14.4. The van der Waals surface area contributed by atoms with E-state index in [1.165, 1.54) is 10.5 Å². The van der Waals surface area contributed by atoms with Crippen LogP contribution >= 0.6 is 0 Å². The fourth-order valence-electron chi connectivity index (χ4n) is 3.55. The molecule has 0 aliphatic heterocycles. The normalized spacial score (nSPS) is 11.3. The summed E-state index contributed by atoms with van der Waals surface area (Å²) in [5, 5.41) is 11.8. The van der Waals surface area contributed by atoms with Crippen molar-refractivity contribution in [1.82, 2.24) is 19.3 Å². The van der Waals surface area contributed by atoms with Crippen molar-refractivity contribution in [3.8, 4) is 0 Å². The molecule has 0 bridgehead atoms. The van der Waals surface area contributed by atoms with Crippen molar-refractivity contribution in [3.05, 3.63) is 87.3 Å². The van der Waals surface area contributed by atoms with Gasteiger partial charge in [-0.1, -0.05) is 36.4 Å². The predicted octanol–water partition coefficient (Wildman–Crippen LogP) is 2.95. The number of hydrogen-bond donors (Lipinski definition) is 2. The molecule has 0 saturated heterocycles. The molecule has 0 aliphatic carbocycles. The van der Waals surface area contributed by atoms with Crippen LogP contribution in [-0.2, 0) is 6.54 Å². The van der Waals surface area contributed by atoms with Crippen molar-refractivity contribution in [2.24, 2.45) is 0 Å². The Morgan fingerprint density at radius 1 is 1.17 bits per heavy atom. The van der Waals surface area contributed by atoms with Crippen LogP contribution in [0.1, 0.15) is 41.4 Å². The first-order valence-electron chi connectivity index (χ1n) is 9.82. The molecule has 0 spiro atoms. The van der Waals surface area contributed by atoms with Crippen molar-refractivity contribution in [3.63, 3.8) is 0 Å². The molecule has 1 amide bonds. The van der Waals surface area contributed by atoms with Crippen molar-refractivity contribution in [1.29, 1.82) is 5.41 Å². The number of amides is 1. The fourth-order valence-corrected chi connectivity index (χ4v) is 3.55. The summed E-state index contributed by atoms with van der Waals surface area (Å²) in [6.07, 6.45) is 1.73. The van der Waals surface area contributed by atoms with Crippen LogP contribution in [0.3, 0.4) is 0 Å². The number of hydrogen-bond acceptors (Lipinski definition) is 4. The first-order valence-corrected chi connectivity index (χ1v) is 9.82. The van der Waals surface area contributed by atoms with E-state index < -0.39 is 5.91 Å². The number of carbonyl (C=O) groups is 1. The zero-order valence-corrected chi connectivity index (χ0v) is 17.1. The van der Waals surface area contributed by atoms with Gasteiger partial charge in [-0.3, -0.25) is 19.4 Å². The van der Waals surface area contributed by atoms with Gasteiger partial charge in [-0.15, -0.1) is 0 Å². The van der Waals surface area contributed by atoms with Gasteiger partial charge in [0.2, 0.25) is 0 Å². The van der Waals surface area contributed by atoms with E-state index in [2.05, 4.69) is 10.3 Å². The number of nitrogens with zero attached hydrogens (tertiary/aromatic N) is 3. The van der Waals surface area contributed by atoms with Crippen molar-refractivity contribution in [2.45, 2.75) is 33.4 Å². The van der Waals surface area contributed by atoms with Crippen molar-refractivity contribution < 1.29 is 4.79 Å². The molecule has 0 atom stereocenters. The van der Waals surface area contributed by atoms with Crippen LogP contribution in [0, 0.1) is 12.3 Å². The Hall–Kier alpha value is -3.74. The van der Waals surface area contributed by atoms with Crippen LogP contribution in [0.15, 0.2) is 59.5 Å². The summed E-state index contributed by atoms with van der Waals surface area (Å²) < 4.78 is 3.12. The number of pyridine rings is 2. The predicted molar refractivity (Wildman–Crippen MR) is 116 cm³/mol. The summed E-state index contributed by atoms with van der Waals surface area (Å²) in [5.74, 6) is -0.395. The molecule has 0 fully saturated rings. The topological polar surface area (TPSA) is 92.2 Å². The maximum absolute atomic E-state index is 13.2. The molecule has 30 heavy (non-hydrogen) atoms. The summed E-state index contributed by atoms with van der Waals surface area (Å²) >= 11 is 0. The zero-order chi connectivity index (χ0) is 21.4. The molecule has 7 heteroatoms. The van der Waals surface area contributed by atoms with E-state index in [9.17, 15) is 9.59 Å². The first kappa shape index (κ1) is 19.6. The van der Waals surface area contributed by atoms with Gasteiger partial charge in [0.15, 0.2) is 0 Å². The molecule has 0 unspecified atom stereocenters. The Kier molecular flexibility index (Phi) is 4.95. The molecule has 4 rings (SSSR count). The highest BCUT2D eigenvalue weighted by molar-refractivity contribution is 5.96. The van der Waals surface area contributed by atoms with E-state index in [4.69, 9.17) is 5.41 Å². The number of aryl methyl sites for hydroxylation is 1. The maximum Gasteiger partial charge on any atom is 0.267 e. The van der Waals surface area contributed by atoms with E-state index in [0.717, 1.165) is 11.1 Å². The van der Waals surface area contributed by atoms with Gasteiger partial charge in [0.1, 0.15) is 16.8 Å². The van der Waals surface area contributed by atoms with Crippen molar-refractivity contribution >= 4 is 22.6 Å². The SMILES string of the molecule is Cc1ccc2nc3c(cc(C(=O)NCc4ccccc4)c(=N)n3C(C)C)c(=O)n2c1. The zero-order valence-electron chi connectivity index (χ0n) is 17.1. The summed E-state index contributed by atoms with van der Waals surface area (Å²) in [4.78, 5) is 30.7. The summed E-state index contributed by atoms with van der Waals surface area (Å²) in [6.45, 7) is 6.05. The third-order valence-corrected chi connectivity index (χ3v) is 5.06. The highest BCUT2D eigenvalue weighted by Crippen LogP contribution is 2.15. The van der Waals surface area contributed by atoms with Gasteiger partial charge in [0.25, 0.3) is 11.5 Å². The second-order valence-corrected chi connectivity index (χ2v) is 7.63. The largest absolute Gasteiger partial charge is 0.348 e. The van der Waals surface area contributed by atoms with Crippen LogP contribution in [0.25, 0.3) is 16.7 Å². The van der Waals surface area contributed by atoms with Gasteiger partial charge in [0.05, 0.1) is 10.9 Å². The Morgan fingerprint density at radius 3 is 2.60 bits per heavy atom. The number of benzene rings is 1. The van der Waals surface area contributed by atoms with E-state index in [1.54, 1.807) is 16.8 Å². The Labute approximate surface area is 173 Å². The molecule has 2 N–H and O–H groups in total. The van der Waals surface area contributed by atoms with Crippen LogP contribution in [0.4, 0.5) is 0 Å². The second kappa shape index (κ2) is 7.59. The van der Waals surface area contributed by atoms with Crippen LogP contribution in [0.5, 0.6) is 0 Å². The quantitative estimate of drug-likeness (QED) is 0.515. The van der Waals surface area contributed by atoms with Gasteiger partial charge < -0.3 is 9.88 Å². The maximum atomic E-state index is 13.2. The lowest BCUT2D eigenvalue weighted by atomic mass is 10.1. The molecule has 3 heterocycles. The van der Waals surface area contributed by atoms with Crippen LogP contribution in [0.2, 0.25) is 0 Å². The third-order valence-electron chi connectivity index (χ3n) is 5.06. The lowest BCUT2D eigenvalue weighted by Crippen LogP contribution is -2.35. The molecule has 7 nitrogen and oxygen atoms in total. The molecule has 4 aromatic rings. The van der Waals surface area contributed by atoms with Gasteiger partial charge in [-0.05, 0) is 44.0 Å². The van der Waals surface area contributed by atoms with E-state index in [1.807, 2.05) is 57.2 Å². The van der Waals surface area contributed by atoms with Crippen molar-refractivity contribution in [2.75, 3.05) is 0 Å². The Bertz CT molecular complexity index is 1380. The van der Waals surface area contributed by atoms with Gasteiger partial charge >= 0.3 is 0 Å². The third kappa shape index (κ3) is 3.39. The number of fused-ring (bicyclic) bond motifs is 2. The molecule has 1 aromatic carbocycles.